The normalized spacial score (nSPS) is 33.4. The van der Waals surface area contributed by atoms with Crippen molar-refractivity contribution in [3.63, 3.8) is 0 Å². The molecule has 8 heteroatoms. The highest BCUT2D eigenvalue weighted by molar-refractivity contribution is 7.09. The monoisotopic (exact) mass is 417 g/mol. The van der Waals surface area contributed by atoms with Crippen LogP contribution >= 0.6 is 11.3 Å². The number of hydrogen-bond acceptors (Lipinski definition) is 6. The number of morpholine rings is 1. The molecular weight excluding hydrogens is 390 g/mol. The van der Waals surface area contributed by atoms with Crippen LogP contribution < -0.4 is 5.32 Å². The molecule has 1 spiro atoms. The Bertz CT molecular complexity index is 792. The highest BCUT2D eigenvalue weighted by Crippen LogP contribution is 2.51. The highest BCUT2D eigenvalue weighted by atomic mass is 32.1. The minimum absolute atomic E-state index is 0.0649. The first-order valence-corrected chi connectivity index (χ1v) is 11.3. The molecule has 1 aromatic rings. The maximum atomic E-state index is 13.2. The van der Waals surface area contributed by atoms with Gasteiger partial charge in [-0.3, -0.25) is 14.5 Å². The molecule has 2 unspecified atom stereocenters. The average molecular weight is 418 g/mol. The minimum atomic E-state index is -0.619. The zero-order chi connectivity index (χ0) is 19.8. The fourth-order valence-electron chi connectivity index (χ4n) is 5.08. The van der Waals surface area contributed by atoms with E-state index < -0.39 is 17.4 Å². The highest BCUT2D eigenvalue weighted by Gasteiger charge is 2.66. The van der Waals surface area contributed by atoms with Gasteiger partial charge >= 0.3 is 0 Å². The van der Waals surface area contributed by atoms with Gasteiger partial charge in [0.05, 0.1) is 44.2 Å². The molecule has 0 radical (unpaired) electrons. The van der Waals surface area contributed by atoms with Gasteiger partial charge in [-0.25, -0.2) is 0 Å². The van der Waals surface area contributed by atoms with Crippen molar-refractivity contribution in [2.75, 3.05) is 45.9 Å². The van der Waals surface area contributed by atoms with Crippen LogP contribution in [0.4, 0.5) is 0 Å². The Morgan fingerprint density at radius 3 is 2.97 bits per heavy atom. The van der Waals surface area contributed by atoms with Gasteiger partial charge in [0.25, 0.3) is 0 Å². The molecule has 0 aliphatic carbocycles. The first kappa shape index (κ1) is 19.2. The Hall–Kier alpha value is -1.74. The number of amides is 2. The van der Waals surface area contributed by atoms with Crippen molar-refractivity contribution in [2.24, 2.45) is 11.8 Å². The summed E-state index contributed by atoms with van der Waals surface area (Å²) in [5.41, 5.74) is -0.619. The number of fused-ring (bicyclic) bond motifs is 1. The molecule has 156 valence electrons. The molecule has 2 amide bonds. The van der Waals surface area contributed by atoms with Crippen molar-refractivity contribution < 1.29 is 19.1 Å². The minimum Gasteiger partial charge on any atom is -0.379 e. The van der Waals surface area contributed by atoms with Crippen LogP contribution in [0, 0.1) is 11.8 Å². The summed E-state index contributed by atoms with van der Waals surface area (Å²) in [4.78, 5) is 31.5. The van der Waals surface area contributed by atoms with Crippen molar-refractivity contribution in [2.45, 2.75) is 24.7 Å². The fraction of sp³-hybridized carbons (Fsp3) is 0.619. The van der Waals surface area contributed by atoms with E-state index in [1.165, 1.54) is 0 Å². The fourth-order valence-corrected chi connectivity index (χ4v) is 5.73. The summed E-state index contributed by atoms with van der Waals surface area (Å²) in [5.74, 6) is -0.848. The quantitative estimate of drug-likeness (QED) is 0.667. The number of rotatable bonds is 7. The molecule has 3 saturated heterocycles. The van der Waals surface area contributed by atoms with Gasteiger partial charge in [-0.15, -0.1) is 11.3 Å². The molecule has 5 rings (SSSR count). The third-order valence-electron chi connectivity index (χ3n) is 6.50. The zero-order valence-corrected chi connectivity index (χ0v) is 17.2. The summed E-state index contributed by atoms with van der Waals surface area (Å²) in [6, 6.07) is 3.97. The topological polar surface area (TPSA) is 71.1 Å². The lowest BCUT2D eigenvalue weighted by atomic mass is 9.77. The Kier molecular flexibility index (Phi) is 5.19. The van der Waals surface area contributed by atoms with Gasteiger partial charge in [0.2, 0.25) is 11.8 Å². The van der Waals surface area contributed by atoms with E-state index in [0.29, 0.717) is 19.6 Å². The SMILES string of the molecule is O=C(NCc1cccs1)C1[C@H]2C=CC3(CN(CCCN4CCOCC4)C(=O)[C@@H]13)O2. The molecule has 29 heavy (non-hydrogen) atoms. The number of nitrogens with one attached hydrogen (secondary N) is 1. The van der Waals surface area contributed by atoms with E-state index in [4.69, 9.17) is 9.47 Å². The summed E-state index contributed by atoms with van der Waals surface area (Å²) in [5, 5.41) is 5.01. The Morgan fingerprint density at radius 2 is 2.17 bits per heavy atom. The first-order chi connectivity index (χ1) is 14.2. The van der Waals surface area contributed by atoms with Gasteiger partial charge in [-0.05, 0) is 17.9 Å². The van der Waals surface area contributed by atoms with Crippen molar-refractivity contribution >= 4 is 23.2 Å². The predicted octanol–water partition coefficient (Wildman–Crippen LogP) is 0.869. The third-order valence-corrected chi connectivity index (χ3v) is 7.38. The van der Waals surface area contributed by atoms with Crippen LogP contribution in [-0.4, -0.2) is 79.3 Å². The van der Waals surface area contributed by atoms with E-state index >= 15 is 0 Å². The van der Waals surface area contributed by atoms with Crippen LogP contribution in [0.5, 0.6) is 0 Å². The van der Waals surface area contributed by atoms with Gasteiger partial charge in [0.15, 0.2) is 0 Å². The standard InChI is InChI=1S/C21H27N3O4S/c25-19(22-13-15-3-1-12-29-15)17-16-4-5-21(28-16)14-24(20(26)18(17)21)7-2-6-23-8-10-27-11-9-23/h1,3-5,12,16-18H,2,6-11,13-14H2,(H,22,25)/t16-,17?,18-,21?/m1/s1. The molecule has 4 aliphatic heterocycles. The Balaban J connectivity index is 1.20. The second-order valence-corrected chi connectivity index (χ2v) is 9.30. The van der Waals surface area contributed by atoms with Crippen LogP contribution in [-0.2, 0) is 25.6 Å². The first-order valence-electron chi connectivity index (χ1n) is 10.4. The summed E-state index contributed by atoms with van der Waals surface area (Å²) in [7, 11) is 0. The lowest BCUT2D eigenvalue weighted by Crippen LogP contribution is -2.44. The van der Waals surface area contributed by atoms with Gasteiger partial charge in [-0.1, -0.05) is 18.2 Å². The number of likely N-dealkylation sites (tertiary alicyclic amines) is 1. The number of thiophene rings is 1. The Morgan fingerprint density at radius 1 is 1.31 bits per heavy atom. The molecule has 4 aliphatic rings. The smallest absolute Gasteiger partial charge is 0.230 e. The van der Waals surface area contributed by atoms with Gasteiger partial charge in [0.1, 0.15) is 5.60 Å². The molecular formula is C21H27N3O4S. The summed E-state index contributed by atoms with van der Waals surface area (Å²) < 4.78 is 11.6. The molecule has 4 atom stereocenters. The Labute approximate surface area is 174 Å². The summed E-state index contributed by atoms with van der Waals surface area (Å²) in [6.45, 7) is 6.23. The zero-order valence-electron chi connectivity index (χ0n) is 16.4. The molecule has 1 aromatic heterocycles. The summed E-state index contributed by atoms with van der Waals surface area (Å²) >= 11 is 1.62. The second kappa shape index (κ2) is 7.83. The van der Waals surface area contributed by atoms with E-state index in [1.807, 2.05) is 34.6 Å². The number of carbonyl (C=O) groups is 2. The van der Waals surface area contributed by atoms with Gasteiger partial charge in [-0.2, -0.15) is 0 Å². The molecule has 0 saturated carbocycles. The van der Waals surface area contributed by atoms with E-state index in [1.54, 1.807) is 11.3 Å². The van der Waals surface area contributed by atoms with Crippen LogP contribution in [0.1, 0.15) is 11.3 Å². The van der Waals surface area contributed by atoms with Crippen molar-refractivity contribution in [3.8, 4) is 0 Å². The number of hydrogen-bond donors (Lipinski definition) is 1. The molecule has 5 heterocycles. The summed E-state index contributed by atoms with van der Waals surface area (Å²) in [6.07, 6.45) is 4.63. The average Bonchev–Trinajstić information content (AvgIpc) is 3.50. The van der Waals surface area contributed by atoms with Crippen LogP contribution in [0.2, 0.25) is 0 Å². The van der Waals surface area contributed by atoms with Crippen molar-refractivity contribution in [1.82, 2.24) is 15.1 Å². The van der Waals surface area contributed by atoms with Crippen molar-refractivity contribution in [3.05, 3.63) is 34.5 Å². The lowest BCUT2D eigenvalue weighted by Gasteiger charge is -2.27. The molecule has 7 nitrogen and oxygen atoms in total. The molecule has 3 fully saturated rings. The molecule has 1 N–H and O–H groups in total. The van der Waals surface area contributed by atoms with Gasteiger partial charge in [0, 0.05) is 31.1 Å². The maximum absolute atomic E-state index is 13.2. The lowest BCUT2D eigenvalue weighted by molar-refractivity contribution is -0.137. The van der Waals surface area contributed by atoms with Crippen LogP contribution in [0.25, 0.3) is 0 Å². The number of ether oxygens (including phenoxy) is 2. The van der Waals surface area contributed by atoms with Crippen LogP contribution in [0.3, 0.4) is 0 Å². The maximum Gasteiger partial charge on any atom is 0.230 e. The molecule has 2 bridgehead atoms. The van der Waals surface area contributed by atoms with E-state index in [0.717, 1.165) is 44.1 Å². The van der Waals surface area contributed by atoms with E-state index in [-0.39, 0.29) is 17.9 Å². The van der Waals surface area contributed by atoms with E-state index in [9.17, 15) is 9.59 Å². The largest absolute Gasteiger partial charge is 0.379 e. The van der Waals surface area contributed by atoms with Gasteiger partial charge < -0.3 is 19.7 Å². The number of carbonyl (C=O) groups excluding carboxylic acids is 2. The second-order valence-electron chi connectivity index (χ2n) is 8.26. The number of nitrogens with zero attached hydrogens (tertiary/aromatic N) is 2. The van der Waals surface area contributed by atoms with Crippen molar-refractivity contribution in [1.29, 1.82) is 0 Å². The van der Waals surface area contributed by atoms with E-state index in [2.05, 4.69) is 10.2 Å². The van der Waals surface area contributed by atoms with Crippen LogP contribution in [0.15, 0.2) is 29.7 Å². The predicted molar refractivity (Wildman–Crippen MR) is 108 cm³/mol. The molecule has 0 aromatic carbocycles. The third kappa shape index (κ3) is 3.52.